The molecule has 2 fully saturated rings. The molecule has 8 nitrogen and oxygen atoms in total. The fourth-order valence-electron chi connectivity index (χ4n) is 3.07. The van der Waals surface area contributed by atoms with E-state index in [-0.39, 0.29) is 17.9 Å². The number of aliphatic hydroxyl groups is 1. The molecule has 1 saturated carbocycles. The molecule has 2 heterocycles. The van der Waals surface area contributed by atoms with E-state index in [1.807, 2.05) is 4.68 Å². The van der Waals surface area contributed by atoms with E-state index < -0.39 is 6.10 Å². The van der Waals surface area contributed by atoms with Gasteiger partial charge in [-0.1, -0.05) is 0 Å². The van der Waals surface area contributed by atoms with Crippen LogP contribution < -0.4 is 5.32 Å². The molecule has 23 heavy (non-hydrogen) atoms. The van der Waals surface area contributed by atoms with Crippen LogP contribution in [0.5, 0.6) is 0 Å². The van der Waals surface area contributed by atoms with Crippen LogP contribution in [0.25, 0.3) is 0 Å². The first-order chi connectivity index (χ1) is 11.0. The molecule has 2 N–H and O–H groups in total. The van der Waals surface area contributed by atoms with Gasteiger partial charge in [-0.3, -0.25) is 9.69 Å². The zero-order chi connectivity index (χ0) is 16.4. The number of carbonyl (C=O) groups excluding carboxylic acids is 1. The number of aromatic nitrogens is 4. The third-order valence-corrected chi connectivity index (χ3v) is 4.69. The summed E-state index contributed by atoms with van der Waals surface area (Å²) in [5, 5.41) is 25.0. The van der Waals surface area contributed by atoms with Crippen LogP contribution in [0.2, 0.25) is 0 Å². The van der Waals surface area contributed by atoms with Crippen LogP contribution >= 0.6 is 0 Å². The molecule has 1 amide bonds. The standard InChI is InChI=1S/C15H26N6O2/c1-10(2)21-13(17-18-19-21)9-20-7-5-11(6-8-20)14(22)15(23)16-12-3-4-12/h10-12,14,22H,3-9H2,1-2H3,(H,16,23)/t14-/m0/s1. The summed E-state index contributed by atoms with van der Waals surface area (Å²) in [4.78, 5) is 14.2. The number of nitrogens with one attached hydrogen (secondary N) is 1. The number of aliphatic hydroxyl groups excluding tert-OH is 1. The Labute approximate surface area is 136 Å². The van der Waals surface area contributed by atoms with Crippen LogP contribution in [0.15, 0.2) is 0 Å². The predicted molar refractivity (Wildman–Crippen MR) is 83.4 cm³/mol. The van der Waals surface area contributed by atoms with Gasteiger partial charge in [-0.15, -0.1) is 5.10 Å². The van der Waals surface area contributed by atoms with Crippen molar-refractivity contribution in [3.63, 3.8) is 0 Å². The minimum Gasteiger partial charge on any atom is -0.383 e. The minimum atomic E-state index is -0.876. The van der Waals surface area contributed by atoms with E-state index in [1.165, 1.54) is 0 Å². The molecule has 2 aliphatic rings. The van der Waals surface area contributed by atoms with Crippen molar-refractivity contribution in [2.24, 2.45) is 5.92 Å². The average molecular weight is 322 g/mol. The van der Waals surface area contributed by atoms with Crippen molar-refractivity contribution in [3.05, 3.63) is 5.82 Å². The van der Waals surface area contributed by atoms with Crippen molar-refractivity contribution in [2.75, 3.05) is 13.1 Å². The number of nitrogens with zero attached hydrogens (tertiary/aromatic N) is 5. The van der Waals surface area contributed by atoms with Gasteiger partial charge >= 0.3 is 0 Å². The van der Waals surface area contributed by atoms with Gasteiger partial charge in [-0.2, -0.15) is 0 Å². The number of hydrogen-bond donors (Lipinski definition) is 2. The first-order valence-corrected chi connectivity index (χ1v) is 8.52. The molecule has 0 radical (unpaired) electrons. The van der Waals surface area contributed by atoms with Crippen LogP contribution in [-0.2, 0) is 11.3 Å². The van der Waals surface area contributed by atoms with Gasteiger partial charge in [0, 0.05) is 6.04 Å². The summed E-state index contributed by atoms with van der Waals surface area (Å²) in [6.07, 6.45) is 2.85. The number of carbonyl (C=O) groups is 1. The summed E-state index contributed by atoms with van der Waals surface area (Å²) in [5.74, 6) is 0.714. The van der Waals surface area contributed by atoms with E-state index in [9.17, 15) is 9.90 Å². The van der Waals surface area contributed by atoms with E-state index in [2.05, 4.69) is 39.6 Å². The van der Waals surface area contributed by atoms with Gasteiger partial charge in [-0.25, -0.2) is 4.68 Å². The summed E-state index contributed by atoms with van der Waals surface area (Å²) in [6, 6.07) is 0.539. The quantitative estimate of drug-likeness (QED) is 0.771. The smallest absolute Gasteiger partial charge is 0.249 e. The molecule has 0 aromatic carbocycles. The molecule has 1 aromatic heterocycles. The van der Waals surface area contributed by atoms with E-state index in [0.717, 1.165) is 44.6 Å². The molecule has 3 rings (SSSR count). The second-order valence-electron chi connectivity index (χ2n) is 6.97. The van der Waals surface area contributed by atoms with Crippen molar-refractivity contribution < 1.29 is 9.90 Å². The second-order valence-corrected chi connectivity index (χ2v) is 6.97. The third-order valence-electron chi connectivity index (χ3n) is 4.69. The highest BCUT2D eigenvalue weighted by molar-refractivity contribution is 5.81. The van der Waals surface area contributed by atoms with Crippen molar-refractivity contribution >= 4 is 5.91 Å². The number of piperidine rings is 1. The van der Waals surface area contributed by atoms with E-state index in [0.29, 0.717) is 12.6 Å². The lowest BCUT2D eigenvalue weighted by Crippen LogP contribution is -2.45. The highest BCUT2D eigenvalue weighted by Gasteiger charge is 2.33. The number of rotatable bonds is 6. The highest BCUT2D eigenvalue weighted by atomic mass is 16.3. The van der Waals surface area contributed by atoms with Crippen molar-refractivity contribution in [3.8, 4) is 0 Å². The van der Waals surface area contributed by atoms with E-state index in [4.69, 9.17) is 0 Å². The Kier molecular flexibility index (Phi) is 4.91. The molecule has 1 aliphatic heterocycles. The fraction of sp³-hybridized carbons (Fsp3) is 0.867. The molecule has 1 aromatic rings. The Bertz CT molecular complexity index is 534. The third kappa shape index (κ3) is 4.06. The number of likely N-dealkylation sites (tertiary alicyclic amines) is 1. The van der Waals surface area contributed by atoms with Gasteiger partial charge < -0.3 is 10.4 Å². The molecule has 0 unspecified atom stereocenters. The Hall–Kier alpha value is -1.54. The van der Waals surface area contributed by atoms with Gasteiger partial charge in [0.25, 0.3) is 0 Å². The van der Waals surface area contributed by atoms with Crippen molar-refractivity contribution in [1.82, 2.24) is 30.4 Å². The molecule has 0 bridgehead atoms. The monoisotopic (exact) mass is 322 g/mol. The number of hydrogen-bond acceptors (Lipinski definition) is 6. The Morgan fingerprint density at radius 1 is 1.30 bits per heavy atom. The molecule has 1 saturated heterocycles. The number of tetrazole rings is 1. The first-order valence-electron chi connectivity index (χ1n) is 8.52. The van der Waals surface area contributed by atoms with Crippen LogP contribution in [0.3, 0.4) is 0 Å². The van der Waals surface area contributed by atoms with Crippen LogP contribution in [0.1, 0.15) is 51.4 Å². The molecule has 1 aliphatic carbocycles. The highest BCUT2D eigenvalue weighted by Crippen LogP contribution is 2.24. The molecular formula is C15H26N6O2. The Morgan fingerprint density at radius 2 is 2.00 bits per heavy atom. The van der Waals surface area contributed by atoms with Gasteiger partial charge in [0.2, 0.25) is 5.91 Å². The predicted octanol–water partition coefficient (Wildman–Crippen LogP) is 0.106. The molecule has 128 valence electrons. The maximum atomic E-state index is 11.9. The van der Waals surface area contributed by atoms with Gasteiger partial charge in [0.05, 0.1) is 12.6 Å². The minimum absolute atomic E-state index is 0.0473. The van der Waals surface area contributed by atoms with Gasteiger partial charge in [0.1, 0.15) is 6.10 Å². The van der Waals surface area contributed by atoms with Gasteiger partial charge in [-0.05, 0) is 69.0 Å². The summed E-state index contributed by atoms with van der Waals surface area (Å²) in [7, 11) is 0. The lowest BCUT2D eigenvalue weighted by molar-refractivity contribution is -0.133. The van der Waals surface area contributed by atoms with E-state index in [1.54, 1.807) is 0 Å². The fourth-order valence-corrected chi connectivity index (χ4v) is 3.07. The SMILES string of the molecule is CC(C)n1nnnc1CN1CCC([C@H](O)C(=O)NC2CC2)CC1. The average Bonchev–Trinajstić information content (AvgIpc) is 3.22. The summed E-state index contributed by atoms with van der Waals surface area (Å²) in [5.41, 5.74) is 0. The first kappa shape index (κ1) is 16.3. The molecule has 1 atom stereocenters. The van der Waals surface area contributed by atoms with Crippen molar-refractivity contribution in [1.29, 1.82) is 0 Å². The lowest BCUT2D eigenvalue weighted by Gasteiger charge is -2.33. The largest absolute Gasteiger partial charge is 0.383 e. The maximum absolute atomic E-state index is 11.9. The van der Waals surface area contributed by atoms with E-state index >= 15 is 0 Å². The van der Waals surface area contributed by atoms with Crippen LogP contribution in [-0.4, -0.2) is 61.4 Å². The molecular weight excluding hydrogens is 296 g/mol. The lowest BCUT2D eigenvalue weighted by atomic mass is 9.90. The van der Waals surface area contributed by atoms with Gasteiger partial charge in [0.15, 0.2) is 5.82 Å². The van der Waals surface area contributed by atoms with Crippen LogP contribution in [0, 0.1) is 5.92 Å². The summed E-state index contributed by atoms with van der Waals surface area (Å²) >= 11 is 0. The topological polar surface area (TPSA) is 96.2 Å². The second kappa shape index (κ2) is 6.92. The Balaban J connectivity index is 1.48. The molecule has 0 spiro atoms. The molecule has 8 heteroatoms. The van der Waals surface area contributed by atoms with Crippen molar-refractivity contribution in [2.45, 2.75) is 64.3 Å². The summed E-state index contributed by atoms with van der Waals surface area (Å²) in [6.45, 7) is 6.52. The zero-order valence-corrected chi connectivity index (χ0v) is 13.9. The normalized spacial score (nSPS) is 21.6. The maximum Gasteiger partial charge on any atom is 0.249 e. The summed E-state index contributed by atoms with van der Waals surface area (Å²) < 4.78 is 1.84. The number of amides is 1. The Morgan fingerprint density at radius 3 is 2.61 bits per heavy atom. The van der Waals surface area contributed by atoms with Crippen LogP contribution in [0.4, 0.5) is 0 Å². The zero-order valence-electron chi connectivity index (χ0n) is 13.9.